The Kier molecular flexibility index (Phi) is 6.01. The van der Waals surface area contributed by atoms with E-state index in [1.165, 1.54) is 0 Å². The zero-order valence-corrected chi connectivity index (χ0v) is 11.3. The number of carbonyl (C=O) groups is 1. The summed E-state index contributed by atoms with van der Waals surface area (Å²) in [5.74, 6) is -1.52. The minimum absolute atomic E-state index is 0.0519. The summed E-state index contributed by atoms with van der Waals surface area (Å²) in [6, 6.07) is 9.40. The monoisotopic (exact) mass is 288 g/mol. The highest BCUT2D eigenvalue weighted by Crippen LogP contribution is 2.24. The highest BCUT2D eigenvalue weighted by Gasteiger charge is 2.29. The molecule has 0 saturated carbocycles. The van der Waals surface area contributed by atoms with E-state index in [0.717, 1.165) is 5.56 Å². The Morgan fingerprint density at radius 1 is 1.30 bits per heavy atom. The van der Waals surface area contributed by atoms with Crippen LogP contribution in [0.5, 0.6) is 0 Å². The Morgan fingerprint density at radius 2 is 1.90 bits per heavy atom. The Balaban J connectivity index is 2.49. The zero-order valence-electron chi connectivity index (χ0n) is 11.3. The Hall–Kier alpha value is -1.56. The molecule has 20 heavy (non-hydrogen) atoms. The van der Waals surface area contributed by atoms with Gasteiger partial charge in [0.25, 0.3) is 0 Å². The van der Waals surface area contributed by atoms with Crippen LogP contribution in [0.2, 0.25) is 0 Å². The van der Waals surface area contributed by atoms with Crippen molar-refractivity contribution in [3.63, 3.8) is 0 Å². The first kappa shape index (κ1) is 16.5. The fourth-order valence-corrected chi connectivity index (χ4v) is 1.86. The molecule has 0 fully saturated rings. The largest absolute Gasteiger partial charge is 0.389 e. The molecule has 0 aliphatic heterocycles. The van der Waals surface area contributed by atoms with Gasteiger partial charge in [0, 0.05) is 19.0 Å². The van der Waals surface area contributed by atoms with Gasteiger partial charge < -0.3 is 11.1 Å². The number of hydrogen-bond donors (Lipinski definition) is 2. The van der Waals surface area contributed by atoms with Gasteiger partial charge in [-0.3, -0.25) is 4.79 Å². The minimum Gasteiger partial charge on any atom is -0.369 e. The van der Waals surface area contributed by atoms with Crippen LogP contribution in [0.25, 0.3) is 0 Å². The summed E-state index contributed by atoms with van der Waals surface area (Å²) in [5.41, 5.74) is 6.15. The van der Waals surface area contributed by atoms with E-state index >= 15 is 0 Å². The van der Waals surface area contributed by atoms with Crippen molar-refractivity contribution in [1.29, 1.82) is 0 Å². The van der Waals surface area contributed by atoms with Gasteiger partial charge in [-0.05, 0) is 18.9 Å². The number of amides is 1. The van der Waals surface area contributed by atoms with Gasteiger partial charge in [-0.15, -0.1) is 0 Å². The normalized spacial score (nSPS) is 14.8. The van der Waals surface area contributed by atoms with Crippen molar-refractivity contribution >= 4 is 5.91 Å². The number of alkyl halides is 3. The number of rotatable bonds is 7. The second-order valence-corrected chi connectivity index (χ2v) is 4.79. The predicted molar refractivity (Wildman–Crippen MR) is 70.8 cm³/mol. The molecule has 0 unspecified atom stereocenters. The molecular formula is C14H19F3N2O. The molecule has 1 aromatic carbocycles. The Labute approximate surface area is 116 Å². The third-order valence-corrected chi connectivity index (χ3v) is 3.15. The number of carbonyl (C=O) groups excluding carboxylic acids is 1. The van der Waals surface area contributed by atoms with E-state index in [9.17, 15) is 18.0 Å². The van der Waals surface area contributed by atoms with Crippen LogP contribution in [0.4, 0.5) is 13.2 Å². The van der Waals surface area contributed by atoms with Gasteiger partial charge in [-0.25, -0.2) is 0 Å². The summed E-state index contributed by atoms with van der Waals surface area (Å²) in [4.78, 5) is 11.2. The Morgan fingerprint density at radius 3 is 2.40 bits per heavy atom. The fraction of sp³-hybridized carbons (Fsp3) is 0.500. The first-order valence-corrected chi connectivity index (χ1v) is 6.44. The third-order valence-electron chi connectivity index (χ3n) is 3.15. The maximum Gasteiger partial charge on any atom is 0.389 e. The average molecular weight is 288 g/mol. The number of halogens is 3. The topological polar surface area (TPSA) is 55.1 Å². The highest BCUT2D eigenvalue weighted by molar-refractivity contribution is 5.76. The molecule has 0 saturated heterocycles. The van der Waals surface area contributed by atoms with Crippen molar-refractivity contribution in [2.75, 3.05) is 6.54 Å². The van der Waals surface area contributed by atoms with Crippen LogP contribution in [0.3, 0.4) is 0 Å². The minimum atomic E-state index is -4.27. The van der Waals surface area contributed by atoms with Crippen LogP contribution in [-0.2, 0) is 4.79 Å². The number of hydrogen-bond acceptors (Lipinski definition) is 2. The van der Waals surface area contributed by atoms with Crippen molar-refractivity contribution in [2.45, 2.75) is 32.0 Å². The van der Waals surface area contributed by atoms with Gasteiger partial charge in [-0.2, -0.15) is 13.2 Å². The molecule has 0 aromatic heterocycles. The first-order valence-electron chi connectivity index (χ1n) is 6.44. The van der Waals surface area contributed by atoms with Crippen LogP contribution in [-0.4, -0.2) is 18.6 Å². The predicted octanol–water partition coefficient (Wildman–Crippen LogP) is 2.78. The summed E-state index contributed by atoms with van der Waals surface area (Å²) >= 11 is 0. The summed E-state index contributed by atoms with van der Waals surface area (Å²) in [5, 5.41) is 3.05. The van der Waals surface area contributed by atoms with E-state index in [2.05, 4.69) is 5.32 Å². The van der Waals surface area contributed by atoms with Crippen molar-refractivity contribution in [3.8, 4) is 0 Å². The molecule has 3 N–H and O–H groups in total. The second kappa shape index (κ2) is 7.28. The van der Waals surface area contributed by atoms with Crippen LogP contribution in [0, 0.1) is 5.92 Å². The molecule has 0 aliphatic rings. The molecule has 3 nitrogen and oxygen atoms in total. The number of nitrogens with one attached hydrogen (secondary N) is 1. The van der Waals surface area contributed by atoms with E-state index in [1.807, 2.05) is 37.3 Å². The number of benzene rings is 1. The third kappa shape index (κ3) is 6.06. The smallest absolute Gasteiger partial charge is 0.369 e. The molecule has 0 aliphatic carbocycles. The molecule has 1 amide bonds. The lowest BCUT2D eigenvalue weighted by Crippen LogP contribution is -2.35. The molecule has 1 aromatic rings. The van der Waals surface area contributed by atoms with Gasteiger partial charge in [0.05, 0.1) is 5.92 Å². The molecule has 0 heterocycles. The first-order chi connectivity index (χ1) is 9.29. The molecule has 0 bridgehead atoms. The van der Waals surface area contributed by atoms with Gasteiger partial charge in [0.15, 0.2) is 0 Å². The summed E-state index contributed by atoms with van der Waals surface area (Å²) in [7, 11) is 0. The van der Waals surface area contributed by atoms with Gasteiger partial charge in [-0.1, -0.05) is 30.3 Å². The van der Waals surface area contributed by atoms with Crippen molar-refractivity contribution < 1.29 is 18.0 Å². The lowest BCUT2D eigenvalue weighted by molar-refractivity contribution is -0.140. The molecule has 6 heteroatoms. The zero-order chi connectivity index (χ0) is 15.2. The quantitative estimate of drug-likeness (QED) is 0.810. The van der Waals surface area contributed by atoms with Gasteiger partial charge >= 0.3 is 6.18 Å². The second-order valence-electron chi connectivity index (χ2n) is 4.79. The standard InChI is InChI=1S/C14H19F3N2O/c1-10(11-5-3-2-4-6-11)19-9-12(13(18)20)7-8-14(15,16)17/h2-6,10,12,19H,7-9H2,1H3,(H2,18,20)/t10-,12-/m1/s1. The van der Waals surface area contributed by atoms with Crippen molar-refractivity contribution in [2.24, 2.45) is 11.7 Å². The van der Waals surface area contributed by atoms with Crippen molar-refractivity contribution in [3.05, 3.63) is 35.9 Å². The number of primary amides is 1. The molecule has 0 radical (unpaired) electrons. The highest BCUT2D eigenvalue weighted by atomic mass is 19.4. The van der Waals surface area contributed by atoms with E-state index < -0.39 is 24.4 Å². The summed E-state index contributed by atoms with van der Waals surface area (Å²) < 4.78 is 36.5. The average Bonchev–Trinajstić information content (AvgIpc) is 2.37. The van der Waals surface area contributed by atoms with Crippen LogP contribution < -0.4 is 11.1 Å². The maximum absolute atomic E-state index is 12.2. The maximum atomic E-state index is 12.2. The molecule has 0 spiro atoms. The van der Waals surface area contributed by atoms with Crippen LogP contribution in [0.15, 0.2) is 30.3 Å². The molecule has 2 atom stereocenters. The van der Waals surface area contributed by atoms with Crippen molar-refractivity contribution in [1.82, 2.24) is 5.32 Å². The Bertz CT molecular complexity index is 420. The summed E-state index contributed by atoms with van der Waals surface area (Å²) in [6.45, 7) is 2.03. The molecular weight excluding hydrogens is 269 g/mol. The summed E-state index contributed by atoms with van der Waals surface area (Å²) in [6.07, 6.45) is -5.55. The van der Waals surface area contributed by atoms with Crippen LogP contribution >= 0.6 is 0 Å². The molecule has 1 rings (SSSR count). The van der Waals surface area contributed by atoms with E-state index in [4.69, 9.17) is 5.73 Å². The number of nitrogens with two attached hydrogens (primary N) is 1. The fourth-order valence-electron chi connectivity index (χ4n) is 1.86. The van der Waals surface area contributed by atoms with Crippen LogP contribution in [0.1, 0.15) is 31.4 Å². The van der Waals surface area contributed by atoms with E-state index in [-0.39, 0.29) is 19.0 Å². The van der Waals surface area contributed by atoms with E-state index in [0.29, 0.717) is 0 Å². The lowest BCUT2D eigenvalue weighted by atomic mass is 10.0. The van der Waals surface area contributed by atoms with Gasteiger partial charge in [0.2, 0.25) is 5.91 Å². The molecule has 112 valence electrons. The van der Waals surface area contributed by atoms with E-state index in [1.54, 1.807) is 0 Å². The SMILES string of the molecule is C[C@@H](NC[C@@H](CCC(F)(F)F)C(N)=O)c1ccccc1. The van der Waals surface area contributed by atoms with Gasteiger partial charge in [0.1, 0.15) is 0 Å². The lowest BCUT2D eigenvalue weighted by Gasteiger charge is -2.19.